The molecule has 2 bridgehead atoms. The zero-order chi connectivity index (χ0) is 27.8. The number of rotatable bonds is 5. The molecule has 0 aliphatic carbocycles. The first kappa shape index (κ1) is 27.1. The van der Waals surface area contributed by atoms with Gasteiger partial charge in [0.2, 0.25) is 6.29 Å². The van der Waals surface area contributed by atoms with E-state index in [0.717, 1.165) is 5.56 Å². The number of aliphatic carboxylic acids is 1. The highest BCUT2D eigenvalue weighted by Crippen LogP contribution is 2.58. The molecule has 0 radical (unpaired) electrons. The molecule has 5 unspecified atom stereocenters. The van der Waals surface area contributed by atoms with E-state index in [2.05, 4.69) is 0 Å². The van der Waals surface area contributed by atoms with Crippen molar-refractivity contribution >= 4 is 29.1 Å². The number of ether oxygens (including phenoxy) is 3. The van der Waals surface area contributed by atoms with Crippen molar-refractivity contribution in [3.05, 3.63) is 53.6 Å². The molecule has 8 atom stereocenters. The molecular formula is C26H31BO10S. The van der Waals surface area contributed by atoms with Gasteiger partial charge in [0, 0.05) is 5.92 Å². The van der Waals surface area contributed by atoms with Gasteiger partial charge in [0.1, 0.15) is 25.3 Å². The van der Waals surface area contributed by atoms with E-state index in [1.165, 1.54) is 19.9 Å². The van der Waals surface area contributed by atoms with Crippen molar-refractivity contribution in [2.24, 2.45) is 5.92 Å². The third-order valence-corrected chi connectivity index (χ3v) is 10.4. The summed E-state index contributed by atoms with van der Waals surface area (Å²) in [7, 11) is -2.19. The molecule has 0 amide bonds. The monoisotopic (exact) mass is 546 g/mol. The van der Waals surface area contributed by atoms with Gasteiger partial charge < -0.3 is 29.9 Å². The molecule has 204 valence electrons. The van der Waals surface area contributed by atoms with Crippen molar-refractivity contribution in [1.82, 2.24) is 0 Å². The summed E-state index contributed by atoms with van der Waals surface area (Å²) in [6.45, 7) is 4.39. The molecule has 0 spiro atoms. The number of benzene rings is 2. The first-order chi connectivity index (χ1) is 17.7. The predicted molar refractivity (Wildman–Crippen MR) is 137 cm³/mol. The number of aliphatic hydroxyl groups excluding tert-OH is 2. The molecule has 4 N–H and O–H groups in total. The molecule has 2 aromatic rings. The zero-order valence-corrected chi connectivity index (χ0v) is 22.3. The van der Waals surface area contributed by atoms with E-state index in [1.54, 1.807) is 13.9 Å². The molecule has 0 aromatic heterocycles. The lowest BCUT2D eigenvalue weighted by Gasteiger charge is -2.67. The van der Waals surface area contributed by atoms with Crippen molar-refractivity contribution in [3.8, 4) is 5.75 Å². The van der Waals surface area contributed by atoms with Gasteiger partial charge in [0.05, 0.1) is 16.8 Å². The molecule has 4 aliphatic heterocycles. The Hall–Kier alpha value is -2.48. The third kappa shape index (κ3) is 3.58. The SMILES string of the molecule is Bc1cc2c(cc1OC1OC3(C(=O)O)OC(C)(C1O)C3(C)O)S(=O)(=O)C[C@H](CC)[C@H](O)[C@@H]2c1ccccc1. The molecule has 12 heteroatoms. The van der Waals surface area contributed by atoms with Crippen LogP contribution in [0.2, 0.25) is 0 Å². The number of carboxylic acids is 1. The van der Waals surface area contributed by atoms with Gasteiger partial charge in [-0.1, -0.05) is 43.3 Å². The summed E-state index contributed by atoms with van der Waals surface area (Å²) in [5.74, 6) is -5.38. The number of hydrogen-bond acceptors (Lipinski definition) is 9. The van der Waals surface area contributed by atoms with Gasteiger partial charge in [-0.15, -0.1) is 0 Å². The van der Waals surface area contributed by atoms with Crippen LogP contribution in [0.3, 0.4) is 0 Å². The third-order valence-electron chi connectivity index (χ3n) is 8.51. The van der Waals surface area contributed by atoms with Crippen LogP contribution >= 0.6 is 0 Å². The van der Waals surface area contributed by atoms with Gasteiger partial charge >= 0.3 is 11.8 Å². The Kier molecular flexibility index (Phi) is 6.25. The summed E-state index contributed by atoms with van der Waals surface area (Å²) in [6, 6.07) is 12.2. The Morgan fingerprint density at radius 3 is 2.42 bits per heavy atom. The number of carbonyl (C=O) groups is 1. The zero-order valence-electron chi connectivity index (χ0n) is 21.5. The largest absolute Gasteiger partial charge is 0.477 e. The molecule has 3 saturated heterocycles. The van der Waals surface area contributed by atoms with Crippen LogP contribution in [-0.2, 0) is 24.1 Å². The van der Waals surface area contributed by atoms with Crippen LogP contribution in [0.5, 0.6) is 5.75 Å². The van der Waals surface area contributed by atoms with Crippen LogP contribution in [-0.4, -0.2) is 83.9 Å². The average molecular weight is 546 g/mol. The Labute approximate surface area is 221 Å². The number of hydrogen-bond donors (Lipinski definition) is 4. The minimum atomic E-state index is -3.87. The minimum Gasteiger partial charge on any atom is -0.477 e. The number of sulfone groups is 1. The lowest BCUT2D eigenvalue weighted by atomic mass is 9.66. The lowest BCUT2D eigenvalue weighted by molar-refractivity contribution is -0.537. The molecule has 4 heterocycles. The van der Waals surface area contributed by atoms with Crippen LogP contribution in [0.4, 0.5) is 0 Å². The summed E-state index contributed by atoms with van der Waals surface area (Å²) in [5.41, 5.74) is -2.09. The van der Waals surface area contributed by atoms with E-state index in [0.29, 0.717) is 17.4 Å². The molecular weight excluding hydrogens is 515 g/mol. The molecule has 3 fully saturated rings. The van der Waals surface area contributed by atoms with Crippen LogP contribution in [0, 0.1) is 5.92 Å². The standard InChI is InChI=1S/C26H31BO10S/c1-4-13-12-38(33,34)18-11-17(16(27)10-15(18)19(20(13)28)14-8-6-5-7-9-14)35-22-21(29)24(2)25(3,32)26(36-22,37-24)23(30)31/h5-11,13,19-22,28-29,32H,4,12,27H2,1-3H3,(H,30,31)/t13-,19+,20-,21?,22?,24?,25?,26?/m0/s1. The molecule has 38 heavy (non-hydrogen) atoms. The fourth-order valence-corrected chi connectivity index (χ4v) is 7.93. The van der Waals surface area contributed by atoms with Gasteiger partial charge in [-0.25, -0.2) is 13.2 Å². The highest BCUT2D eigenvalue weighted by atomic mass is 32.2. The summed E-state index contributed by atoms with van der Waals surface area (Å²) in [6.07, 6.45) is -3.67. The summed E-state index contributed by atoms with van der Waals surface area (Å²) in [5, 5.41) is 42.8. The van der Waals surface area contributed by atoms with E-state index in [1.807, 2.05) is 37.3 Å². The number of fused-ring (bicyclic) bond motifs is 3. The second-order valence-electron chi connectivity index (χ2n) is 10.7. The second-order valence-corrected chi connectivity index (χ2v) is 12.7. The van der Waals surface area contributed by atoms with E-state index < -0.39 is 63.1 Å². The van der Waals surface area contributed by atoms with Crippen LogP contribution < -0.4 is 10.2 Å². The van der Waals surface area contributed by atoms with Crippen molar-refractivity contribution in [2.45, 2.75) is 73.5 Å². The van der Waals surface area contributed by atoms with Gasteiger partial charge in [-0.3, -0.25) is 4.74 Å². The van der Waals surface area contributed by atoms with Crippen molar-refractivity contribution in [3.63, 3.8) is 0 Å². The molecule has 4 aliphatic rings. The summed E-state index contributed by atoms with van der Waals surface area (Å²) in [4.78, 5) is 12.0. The fraction of sp³-hybridized carbons (Fsp3) is 0.500. The Bertz CT molecular complexity index is 1380. The molecule has 10 nitrogen and oxygen atoms in total. The lowest BCUT2D eigenvalue weighted by Crippen LogP contribution is -2.91. The van der Waals surface area contributed by atoms with Crippen LogP contribution in [0.1, 0.15) is 44.2 Å². The number of aliphatic hydroxyl groups is 3. The maximum Gasteiger partial charge on any atom is 0.367 e. The van der Waals surface area contributed by atoms with Crippen molar-refractivity contribution in [1.29, 1.82) is 0 Å². The minimum absolute atomic E-state index is 0.0141. The molecule has 6 rings (SSSR count). The smallest absolute Gasteiger partial charge is 0.367 e. The highest BCUT2D eigenvalue weighted by Gasteiger charge is 2.84. The summed E-state index contributed by atoms with van der Waals surface area (Å²) >= 11 is 0. The first-order valence-corrected chi connectivity index (χ1v) is 14.1. The molecule has 2 aromatic carbocycles. The van der Waals surface area contributed by atoms with E-state index in [4.69, 9.17) is 14.2 Å². The maximum atomic E-state index is 13.6. The maximum absolute atomic E-state index is 13.6. The second kappa shape index (κ2) is 8.77. The Morgan fingerprint density at radius 2 is 1.84 bits per heavy atom. The van der Waals surface area contributed by atoms with E-state index in [9.17, 15) is 33.6 Å². The first-order valence-electron chi connectivity index (χ1n) is 12.5. The van der Waals surface area contributed by atoms with Gasteiger partial charge in [-0.2, -0.15) is 0 Å². The number of carboxylic acid groups (broad SMARTS) is 1. The highest BCUT2D eigenvalue weighted by molar-refractivity contribution is 7.91. The van der Waals surface area contributed by atoms with Crippen LogP contribution in [0.15, 0.2) is 47.4 Å². The van der Waals surface area contributed by atoms with E-state index in [-0.39, 0.29) is 16.4 Å². The van der Waals surface area contributed by atoms with Gasteiger partial charge in [-0.05, 0) is 48.8 Å². The van der Waals surface area contributed by atoms with Gasteiger partial charge in [0.15, 0.2) is 15.4 Å². The van der Waals surface area contributed by atoms with Crippen molar-refractivity contribution in [2.75, 3.05) is 5.75 Å². The Balaban J connectivity index is 1.59. The summed E-state index contributed by atoms with van der Waals surface area (Å²) < 4.78 is 43.9. The van der Waals surface area contributed by atoms with Crippen molar-refractivity contribution < 1.29 is 47.8 Å². The Morgan fingerprint density at radius 1 is 1.18 bits per heavy atom. The topological polar surface area (TPSA) is 160 Å². The fourth-order valence-electron chi connectivity index (χ4n) is 5.92. The average Bonchev–Trinajstić information content (AvgIpc) is 2.93. The normalized spacial score (nSPS) is 39.4. The van der Waals surface area contributed by atoms with Crippen LogP contribution in [0.25, 0.3) is 0 Å². The molecule has 0 saturated carbocycles. The van der Waals surface area contributed by atoms with Gasteiger partial charge in [0.25, 0.3) is 0 Å². The van der Waals surface area contributed by atoms with E-state index >= 15 is 0 Å². The quantitative estimate of drug-likeness (QED) is 0.366. The predicted octanol–water partition coefficient (Wildman–Crippen LogP) is -0.332.